The zero-order valence-corrected chi connectivity index (χ0v) is 15.5. The lowest BCUT2D eigenvalue weighted by atomic mass is 9.55. The number of rotatable bonds is 4. The molecule has 1 heterocycles. The average Bonchev–Trinajstić information content (AvgIpc) is 2.69. The fourth-order valence-corrected chi connectivity index (χ4v) is 3.22. The van der Waals surface area contributed by atoms with Crippen molar-refractivity contribution < 1.29 is 9.04 Å². The summed E-state index contributed by atoms with van der Waals surface area (Å²) in [5.74, 6) is 0.440. The molecule has 2 nitrogen and oxygen atoms in total. The maximum absolute atomic E-state index is 13.8. The minimum Gasteiger partial charge on any atom is -0.550 e. The van der Waals surface area contributed by atoms with E-state index >= 15 is 0 Å². The van der Waals surface area contributed by atoms with Gasteiger partial charge in [0.05, 0.1) is 0 Å². The lowest BCUT2D eigenvalue weighted by Gasteiger charge is -2.18. The van der Waals surface area contributed by atoms with Gasteiger partial charge in [0.2, 0.25) is 0 Å². The van der Waals surface area contributed by atoms with E-state index in [0.717, 1.165) is 21.8 Å². The summed E-state index contributed by atoms with van der Waals surface area (Å²) in [5.41, 5.74) is 3.16. The van der Waals surface area contributed by atoms with Gasteiger partial charge < -0.3 is 4.65 Å². The highest BCUT2D eigenvalue weighted by atomic mass is 35.5. The van der Waals surface area contributed by atoms with Crippen molar-refractivity contribution in [3.05, 3.63) is 95.4 Å². The normalized spacial score (nSPS) is 10.8. The number of aryl methyl sites for hydroxylation is 1. The first-order valence-corrected chi connectivity index (χ1v) is 9.01. The van der Waals surface area contributed by atoms with Gasteiger partial charge in [0, 0.05) is 16.6 Å². The summed E-state index contributed by atoms with van der Waals surface area (Å²) in [7, 11) is 0. The topological polar surface area (TPSA) is 22.1 Å². The largest absolute Gasteiger partial charge is 0.550 e. The highest BCUT2D eigenvalue weighted by Gasteiger charge is 2.25. The lowest BCUT2D eigenvalue weighted by molar-refractivity contribution is 0.596. The molecular weight excluding hydrogens is 360 g/mol. The molecule has 0 unspecified atom stereocenters. The van der Waals surface area contributed by atoms with Gasteiger partial charge in [-0.3, -0.25) is 4.98 Å². The molecule has 1 aromatic heterocycles. The number of fused-ring (bicyclic) bond motifs is 1. The third-order valence-corrected chi connectivity index (χ3v) is 4.75. The Balaban J connectivity index is 1.82. The predicted octanol–water partition coefficient (Wildman–Crippen LogP) is 4.52. The van der Waals surface area contributed by atoms with Crippen LogP contribution in [-0.2, 0) is 0 Å². The van der Waals surface area contributed by atoms with Crippen molar-refractivity contribution in [3.63, 3.8) is 0 Å². The summed E-state index contributed by atoms with van der Waals surface area (Å²) in [6, 6.07) is 22.2. The molecule has 5 heteroatoms. The smallest absolute Gasteiger partial charge is 0.426 e. The summed E-state index contributed by atoms with van der Waals surface area (Å²) in [5, 5.41) is 1.65. The van der Waals surface area contributed by atoms with Gasteiger partial charge in [-0.05, 0) is 53.7 Å². The van der Waals surface area contributed by atoms with Crippen molar-refractivity contribution in [1.29, 1.82) is 0 Å². The van der Waals surface area contributed by atoms with Crippen LogP contribution in [0.3, 0.4) is 0 Å². The molecule has 3 aromatic carbocycles. The molecule has 4 rings (SSSR count). The maximum Gasteiger partial charge on any atom is 0.426 e. The second kappa shape index (κ2) is 7.41. The highest BCUT2D eigenvalue weighted by Crippen LogP contribution is 2.23. The van der Waals surface area contributed by atoms with E-state index in [4.69, 9.17) is 16.3 Å². The van der Waals surface area contributed by atoms with Crippen LogP contribution in [0.1, 0.15) is 5.56 Å². The molecule has 0 amide bonds. The van der Waals surface area contributed by atoms with E-state index in [1.54, 1.807) is 19.2 Å². The van der Waals surface area contributed by atoms with E-state index in [1.807, 2.05) is 60.7 Å². The molecule has 0 fully saturated rings. The van der Waals surface area contributed by atoms with Crippen LogP contribution in [0.15, 0.2) is 79.0 Å². The van der Waals surface area contributed by atoms with Crippen LogP contribution in [0.5, 0.6) is 5.75 Å². The Bertz CT molecular complexity index is 1100. The second-order valence-electron chi connectivity index (χ2n) is 6.39. The van der Waals surface area contributed by atoms with Crippen molar-refractivity contribution in [1.82, 2.24) is 4.98 Å². The molecule has 0 saturated heterocycles. The molecule has 0 N–H and O–H groups in total. The SMILES string of the molecule is Cc1cc(B(Oc2cccc3cccnc23)c2ccc(Cl)cc2)ccc1F. The molecule has 27 heavy (non-hydrogen) atoms. The second-order valence-corrected chi connectivity index (χ2v) is 6.83. The number of pyridine rings is 1. The first kappa shape index (κ1) is 17.6. The summed E-state index contributed by atoms with van der Waals surface area (Å²) in [4.78, 5) is 4.46. The molecule has 132 valence electrons. The van der Waals surface area contributed by atoms with Crippen LogP contribution in [0.2, 0.25) is 5.02 Å². The van der Waals surface area contributed by atoms with Crippen LogP contribution in [-0.4, -0.2) is 11.9 Å². The molecule has 0 saturated carbocycles. The van der Waals surface area contributed by atoms with Gasteiger partial charge in [-0.2, -0.15) is 0 Å². The van der Waals surface area contributed by atoms with Crippen LogP contribution in [0, 0.1) is 12.7 Å². The van der Waals surface area contributed by atoms with Crippen LogP contribution < -0.4 is 15.6 Å². The van der Waals surface area contributed by atoms with E-state index in [9.17, 15) is 4.39 Å². The lowest BCUT2D eigenvalue weighted by Crippen LogP contribution is -2.47. The average molecular weight is 376 g/mol. The Morgan fingerprint density at radius 2 is 1.67 bits per heavy atom. The minimum absolute atomic E-state index is 0.236. The van der Waals surface area contributed by atoms with Crippen molar-refractivity contribution in [2.75, 3.05) is 0 Å². The van der Waals surface area contributed by atoms with Crippen molar-refractivity contribution >= 4 is 40.3 Å². The molecule has 0 radical (unpaired) electrons. The van der Waals surface area contributed by atoms with Crippen molar-refractivity contribution in [2.45, 2.75) is 6.92 Å². The number of hydrogen-bond acceptors (Lipinski definition) is 2. The van der Waals surface area contributed by atoms with E-state index in [1.165, 1.54) is 6.07 Å². The predicted molar refractivity (Wildman–Crippen MR) is 110 cm³/mol. The maximum atomic E-state index is 13.8. The van der Waals surface area contributed by atoms with E-state index in [-0.39, 0.29) is 5.82 Å². The van der Waals surface area contributed by atoms with Gasteiger partial charge in [-0.1, -0.05) is 54.1 Å². The Morgan fingerprint density at radius 1 is 0.926 bits per heavy atom. The number of nitrogens with zero attached hydrogens (tertiary/aromatic N) is 1. The zero-order chi connectivity index (χ0) is 18.8. The van der Waals surface area contributed by atoms with E-state index < -0.39 is 6.92 Å². The standard InChI is InChI=1S/C22H16BClFNO/c1-15-14-18(9-12-20(15)25)23(17-7-10-19(24)11-8-17)27-21-6-2-4-16-5-3-13-26-22(16)21/h2-14H,1H3. The summed E-state index contributed by atoms with van der Waals surface area (Å²) in [6.07, 6.45) is 1.74. The summed E-state index contributed by atoms with van der Waals surface area (Å²) in [6.45, 7) is 1.34. The highest BCUT2D eigenvalue weighted by molar-refractivity contribution is 6.80. The van der Waals surface area contributed by atoms with E-state index in [0.29, 0.717) is 16.3 Å². The summed E-state index contributed by atoms with van der Waals surface area (Å²) >= 11 is 6.05. The quantitative estimate of drug-likeness (QED) is 0.489. The number of hydrogen-bond donors (Lipinski definition) is 0. The van der Waals surface area contributed by atoms with Crippen molar-refractivity contribution in [3.8, 4) is 5.75 Å². The number of para-hydroxylation sites is 1. The molecule has 4 aromatic rings. The number of halogens is 2. The molecule has 0 atom stereocenters. The van der Waals surface area contributed by atoms with Crippen LogP contribution in [0.25, 0.3) is 10.9 Å². The van der Waals surface area contributed by atoms with Crippen LogP contribution in [0.4, 0.5) is 4.39 Å². The van der Waals surface area contributed by atoms with Gasteiger partial charge >= 0.3 is 6.92 Å². The third kappa shape index (κ3) is 3.67. The molecule has 0 spiro atoms. The first-order chi connectivity index (χ1) is 13.1. The molecular formula is C22H16BClFNO. The monoisotopic (exact) mass is 375 g/mol. The molecule has 0 bridgehead atoms. The Hall–Kier alpha value is -2.85. The third-order valence-electron chi connectivity index (χ3n) is 4.50. The van der Waals surface area contributed by atoms with E-state index in [2.05, 4.69) is 4.98 Å². The number of aromatic nitrogens is 1. The first-order valence-electron chi connectivity index (χ1n) is 8.64. The molecule has 0 aliphatic heterocycles. The Labute approximate surface area is 162 Å². The van der Waals surface area contributed by atoms with Gasteiger partial charge in [-0.25, -0.2) is 4.39 Å². The van der Waals surface area contributed by atoms with Gasteiger partial charge in [0.25, 0.3) is 0 Å². The van der Waals surface area contributed by atoms with Gasteiger partial charge in [0.1, 0.15) is 17.1 Å². The molecule has 0 aliphatic carbocycles. The number of benzene rings is 3. The fourth-order valence-electron chi connectivity index (χ4n) is 3.10. The van der Waals surface area contributed by atoms with Crippen LogP contribution >= 0.6 is 11.6 Å². The van der Waals surface area contributed by atoms with Gasteiger partial charge in [-0.15, -0.1) is 0 Å². The zero-order valence-electron chi connectivity index (χ0n) is 14.7. The van der Waals surface area contributed by atoms with Crippen molar-refractivity contribution in [2.24, 2.45) is 0 Å². The van der Waals surface area contributed by atoms with Gasteiger partial charge in [0.15, 0.2) is 0 Å². The Kier molecular flexibility index (Phi) is 4.82. The fraction of sp³-hybridized carbons (Fsp3) is 0.0455. The summed E-state index contributed by atoms with van der Waals surface area (Å²) < 4.78 is 20.2. The Morgan fingerprint density at radius 3 is 2.44 bits per heavy atom. The minimum atomic E-state index is -0.408. The molecule has 0 aliphatic rings.